The lowest BCUT2D eigenvalue weighted by molar-refractivity contribution is 0.104. The molecule has 0 saturated carbocycles. The molecule has 0 aliphatic heterocycles. The van der Waals surface area contributed by atoms with Crippen LogP contribution in [0.3, 0.4) is 0 Å². The van der Waals surface area contributed by atoms with Gasteiger partial charge in [0, 0.05) is 9.13 Å². The van der Waals surface area contributed by atoms with Crippen molar-refractivity contribution >= 4 is 78.8 Å². The summed E-state index contributed by atoms with van der Waals surface area (Å²) in [5.41, 5.74) is 0.570. The Labute approximate surface area is 134 Å². The minimum Gasteiger partial charge on any atom is -0.288 e. The standard InChI is InChI=1S/C11H4BrCl2IOS/c12-11-7(14)4-9(17-11)10(16)5-1-2-8(15)6(13)3-5/h1-4H. The van der Waals surface area contributed by atoms with Gasteiger partial charge in [-0.25, -0.2) is 0 Å². The summed E-state index contributed by atoms with van der Waals surface area (Å²) in [7, 11) is 0. The van der Waals surface area contributed by atoms with Crippen molar-refractivity contribution in [3.05, 3.63) is 52.1 Å². The Kier molecular flexibility index (Phi) is 4.52. The third kappa shape index (κ3) is 3.04. The minimum absolute atomic E-state index is 0.0686. The number of rotatable bonds is 2. The topological polar surface area (TPSA) is 17.1 Å². The fourth-order valence-corrected chi connectivity index (χ4v) is 3.42. The molecule has 88 valence electrons. The highest BCUT2D eigenvalue weighted by atomic mass is 127. The van der Waals surface area contributed by atoms with Gasteiger partial charge < -0.3 is 0 Å². The molecule has 6 heteroatoms. The van der Waals surface area contributed by atoms with E-state index in [1.165, 1.54) is 11.3 Å². The highest BCUT2D eigenvalue weighted by molar-refractivity contribution is 14.1. The van der Waals surface area contributed by atoms with Gasteiger partial charge in [0.05, 0.1) is 18.7 Å². The molecule has 0 fully saturated rings. The molecule has 0 unspecified atom stereocenters. The maximum absolute atomic E-state index is 12.1. The van der Waals surface area contributed by atoms with Gasteiger partial charge in [0.15, 0.2) is 0 Å². The fourth-order valence-electron chi connectivity index (χ4n) is 1.24. The molecule has 2 rings (SSSR count). The number of thiophene rings is 1. The number of carbonyl (C=O) groups is 1. The third-order valence-electron chi connectivity index (χ3n) is 2.05. The fraction of sp³-hybridized carbons (Fsp3) is 0. The maximum atomic E-state index is 12.1. The van der Waals surface area contributed by atoms with Crippen LogP contribution < -0.4 is 0 Å². The molecule has 0 amide bonds. The lowest BCUT2D eigenvalue weighted by Crippen LogP contribution is -1.98. The van der Waals surface area contributed by atoms with Crippen molar-refractivity contribution in [2.45, 2.75) is 0 Å². The van der Waals surface area contributed by atoms with E-state index in [-0.39, 0.29) is 5.78 Å². The van der Waals surface area contributed by atoms with Gasteiger partial charge in [-0.05, 0) is 62.8 Å². The van der Waals surface area contributed by atoms with E-state index in [4.69, 9.17) is 23.2 Å². The van der Waals surface area contributed by atoms with Crippen molar-refractivity contribution in [2.75, 3.05) is 0 Å². The normalized spacial score (nSPS) is 10.6. The zero-order chi connectivity index (χ0) is 12.6. The lowest BCUT2D eigenvalue weighted by atomic mass is 10.1. The summed E-state index contributed by atoms with van der Waals surface area (Å²) in [4.78, 5) is 12.7. The van der Waals surface area contributed by atoms with Crippen LogP contribution in [0.4, 0.5) is 0 Å². The van der Waals surface area contributed by atoms with Gasteiger partial charge >= 0.3 is 0 Å². The number of carbonyl (C=O) groups excluding carboxylic acids is 1. The molecule has 0 spiro atoms. The molecule has 0 bridgehead atoms. The minimum atomic E-state index is -0.0686. The van der Waals surface area contributed by atoms with Crippen molar-refractivity contribution in [3.8, 4) is 0 Å². The Morgan fingerprint density at radius 1 is 1.24 bits per heavy atom. The van der Waals surface area contributed by atoms with Crippen LogP contribution in [0.1, 0.15) is 15.2 Å². The van der Waals surface area contributed by atoms with Crippen LogP contribution >= 0.6 is 73.1 Å². The number of ketones is 1. The number of halogens is 4. The van der Waals surface area contributed by atoms with Crippen LogP contribution in [0.5, 0.6) is 0 Å². The van der Waals surface area contributed by atoms with Gasteiger partial charge in [0.25, 0.3) is 0 Å². The number of benzene rings is 1. The smallest absolute Gasteiger partial charge is 0.203 e. The summed E-state index contributed by atoms with van der Waals surface area (Å²) in [6.07, 6.45) is 0. The SMILES string of the molecule is O=C(c1ccc(I)c(Cl)c1)c1cc(Cl)c(Br)s1. The van der Waals surface area contributed by atoms with E-state index in [1.54, 1.807) is 18.2 Å². The second-order valence-electron chi connectivity index (χ2n) is 3.19. The van der Waals surface area contributed by atoms with E-state index < -0.39 is 0 Å². The summed E-state index contributed by atoms with van der Waals surface area (Å²) in [6, 6.07) is 6.91. The Morgan fingerprint density at radius 2 is 1.94 bits per heavy atom. The van der Waals surface area contributed by atoms with Crippen molar-refractivity contribution in [2.24, 2.45) is 0 Å². The van der Waals surface area contributed by atoms with Gasteiger partial charge in [0.2, 0.25) is 5.78 Å². The zero-order valence-corrected chi connectivity index (χ0v) is 14.2. The van der Waals surface area contributed by atoms with Crippen LogP contribution in [0.2, 0.25) is 10.0 Å². The van der Waals surface area contributed by atoms with E-state index in [0.717, 1.165) is 7.36 Å². The second kappa shape index (κ2) is 5.57. The van der Waals surface area contributed by atoms with Gasteiger partial charge in [-0.15, -0.1) is 11.3 Å². The first-order valence-corrected chi connectivity index (χ1v) is 7.88. The first-order valence-electron chi connectivity index (χ1n) is 4.43. The lowest BCUT2D eigenvalue weighted by Gasteiger charge is -2.00. The van der Waals surface area contributed by atoms with E-state index >= 15 is 0 Å². The van der Waals surface area contributed by atoms with Crippen molar-refractivity contribution in [1.82, 2.24) is 0 Å². The Hall–Kier alpha value is 0.380. The summed E-state index contributed by atoms with van der Waals surface area (Å²) in [5.74, 6) is -0.0686. The molecule has 1 nitrogen and oxygen atoms in total. The molecule has 2 aromatic rings. The molecule has 0 aliphatic rings. The molecule has 17 heavy (non-hydrogen) atoms. The van der Waals surface area contributed by atoms with Crippen LogP contribution in [0, 0.1) is 3.57 Å². The van der Waals surface area contributed by atoms with Crippen LogP contribution in [0.15, 0.2) is 28.1 Å². The van der Waals surface area contributed by atoms with Gasteiger partial charge in [-0.1, -0.05) is 23.2 Å². The summed E-state index contributed by atoms with van der Waals surface area (Å²) >= 11 is 18.6. The molecule has 0 saturated heterocycles. The molecule has 0 radical (unpaired) electrons. The highest BCUT2D eigenvalue weighted by Gasteiger charge is 2.15. The Balaban J connectivity index is 2.40. The van der Waals surface area contributed by atoms with Gasteiger partial charge in [-0.3, -0.25) is 4.79 Å². The third-order valence-corrected chi connectivity index (χ3v) is 6.10. The van der Waals surface area contributed by atoms with Crippen molar-refractivity contribution in [3.63, 3.8) is 0 Å². The van der Waals surface area contributed by atoms with Crippen molar-refractivity contribution < 1.29 is 4.79 Å². The molecule has 0 N–H and O–H groups in total. The molecule has 1 aromatic carbocycles. The predicted molar refractivity (Wildman–Crippen MR) is 84.6 cm³/mol. The highest BCUT2D eigenvalue weighted by Crippen LogP contribution is 2.33. The average molecular weight is 462 g/mol. The molecule has 1 heterocycles. The Bertz CT molecular complexity index is 578. The summed E-state index contributed by atoms with van der Waals surface area (Å²) < 4.78 is 1.69. The van der Waals surface area contributed by atoms with E-state index in [0.29, 0.717) is 20.5 Å². The van der Waals surface area contributed by atoms with E-state index in [9.17, 15) is 4.79 Å². The summed E-state index contributed by atoms with van der Waals surface area (Å²) in [5, 5.41) is 1.13. The van der Waals surface area contributed by atoms with E-state index in [1.807, 2.05) is 6.07 Å². The second-order valence-corrected chi connectivity index (χ2v) is 7.54. The van der Waals surface area contributed by atoms with Crippen molar-refractivity contribution in [1.29, 1.82) is 0 Å². The van der Waals surface area contributed by atoms with Gasteiger partial charge in [-0.2, -0.15) is 0 Å². The molecule has 0 atom stereocenters. The van der Waals surface area contributed by atoms with Crippen LogP contribution in [-0.2, 0) is 0 Å². The number of hydrogen-bond donors (Lipinski definition) is 0. The predicted octanol–water partition coefficient (Wildman–Crippen LogP) is 5.65. The molecular formula is C11H4BrCl2IOS. The average Bonchev–Trinajstić information content (AvgIpc) is 2.62. The summed E-state index contributed by atoms with van der Waals surface area (Å²) in [6.45, 7) is 0. The quantitative estimate of drug-likeness (QED) is 0.417. The van der Waals surface area contributed by atoms with E-state index in [2.05, 4.69) is 38.5 Å². The first kappa shape index (κ1) is 13.8. The largest absolute Gasteiger partial charge is 0.288 e. The Morgan fingerprint density at radius 3 is 2.47 bits per heavy atom. The zero-order valence-electron chi connectivity index (χ0n) is 8.14. The first-order chi connectivity index (χ1) is 7.99. The van der Waals surface area contributed by atoms with Crippen LogP contribution in [0.25, 0.3) is 0 Å². The van der Waals surface area contributed by atoms with Gasteiger partial charge in [0.1, 0.15) is 0 Å². The molecular weight excluding hydrogens is 458 g/mol. The monoisotopic (exact) mass is 460 g/mol. The molecule has 1 aromatic heterocycles. The van der Waals surface area contributed by atoms with Crippen LogP contribution in [-0.4, -0.2) is 5.78 Å². The number of hydrogen-bond acceptors (Lipinski definition) is 2. The molecule has 0 aliphatic carbocycles. The maximum Gasteiger partial charge on any atom is 0.203 e.